The molecule has 1 heteroatoms. The van der Waals surface area contributed by atoms with E-state index >= 15 is 0 Å². The van der Waals surface area contributed by atoms with Crippen molar-refractivity contribution in [3.05, 3.63) is 0 Å². The molecular weight excluding hydrogens is 152 g/mol. The Kier molecular flexibility index (Phi) is 7.25. The molecule has 0 amide bonds. The van der Waals surface area contributed by atoms with Gasteiger partial charge in [-0.15, -0.1) is 0 Å². The van der Waals surface area contributed by atoms with Gasteiger partial charge in [0.15, 0.2) is 0 Å². The van der Waals surface area contributed by atoms with E-state index in [9.17, 15) is 0 Å². The summed E-state index contributed by atoms with van der Waals surface area (Å²) in [5.74, 6) is 0.884. The first-order chi connectivity index (χ1) is 5.20. The Morgan fingerprint density at radius 1 is 1.18 bits per heavy atom. The topological polar surface area (TPSA) is 0 Å². The molecule has 0 spiro atoms. The van der Waals surface area contributed by atoms with Crippen LogP contribution in [0.5, 0.6) is 0 Å². The molecule has 0 bridgehead atoms. The summed E-state index contributed by atoms with van der Waals surface area (Å²) in [7, 11) is 0. The second-order valence-corrected chi connectivity index (χ2v) is 4.73. The number of thioether (sulfide) groups is 1. The monoisotopic (exact) mass is 174 g/mol. The quantitative estimate of drug-likeness (QED) is 0.587. The zero-order valence-corrected chi connectivity index (χ0v) is 9.21. The van der Waals surface area contributed by atoms with Crippen molar-refractivity contribution in [1.29, 1.82) is 0 Å². The molecule has 0 nitrogen and oxygen atoms in total. The Labute approximate surface area is 76.1 Å². The van der Waals surface area contributed by atoms with E-state index in [2.05, 4.69) is 27.0 Å². The van der Waals surface area contributed by atoms with E-state index in [0.717, 1.165) is 11.2 Å². The molecule has 0 fully saturated rings. The maximum Gasteiger partial charge on any atom is 0.00416 e. The first kappa shape index (κ1) is 11.4. The molecule has 1 atom stereocenters. The zero-order valence-electron chi connectivity index (χ0n) is 8.39. The summed E-state index contributed by atoms with van der Waals surface area (Å²) in [6, 6.07) is 0. The van der Waals surface area contributed by atoms with Crippen molar-refractivity contribution in [2.24, 2.45) is 5.92 Å². The van der Waals surface area contributed by atoms with E-state index in [4.69, 9.17) is 0 Å². The van der Waals surface area contributed by atoms with Crippen LogP contribution in [-0.2, 0) is 0 Å². The summed E-state index contributed by atoms with van der Waals surface area (Å²) in [4.78, 5) is 0. The number of hydrogen-bond donors (Lipinski definition) is 0. The molecule has 0 aromatic carbocycles. The lowest BCUT2D eigenvalue weighted by molar-refractivity contribution is 0.529. The fraction of sp³-hybridized carbons (Fsp3) is 1.00. The van der Waals surface area contributed by atoms with Crippen LogP contribution >= 0.6 is 11.8 Å². The summed E-state index contributed by atoms with van der Waals surface area (Å²) in [5.41, 5.74) is 0. The minimum absolute atomic E-state index is 0.884. The molecule has 0 saturated carbocycles. The normalized spacial score (nSPS) is 13.9. The third kappa shape index (κ3) is 6.74. The zero-order chi connectivity index (χ0) is 8.69. The molecule has 0 N–H and O–H groups in total. The van der Waals surface area contributed by atoms with Gasteiger partial charge in [0.1, 0.15) is 0 Å². The lowest BCUT2D eigenvalue weighted by atomic mass is 10.0. The Morgan fingerprint density at radius 3 is 2.18 bits per heavy atom. The number of rotatable bonds is 6. The maximum atomic E-state index is 2.31. The molecule has 11 heavy (non-hydrogen) atoms. The summed E-state index contributed by atoms with van der Waals surface area (Å²) in [5, 5.41) is 0.911. The van der Waals surface area contributed by atoms with E-state index in [1.54, 1.807) is 0 Å². The summed E-state index contributed by atoms with van der Waals surface area (Å²) < 4.78 is 0. The first-order valence-electron chi connectivity index (χ1n) is 4.73. The van der Waals surface area contributed by atoms with Gasteiger partial charge in [-0.25, -0.2) is 0 Å². The lowest BCUT2D eigenvalue weighted by Crippen LogP contribution is -2.00. The van der Waals surface area contributed by atoms with Gasteiger partial charge in [-0.1, -0.05) is 33.6 Å². The second-order valence-electron chi connectivity index (χ2n) is 3.59. The van der Waals surface area contributed by atoms with Crippen LogP contribution < -0.4 is 0 Å². The Balaban J connectivity index is 3.21. The molecule has 0 aliphatic carbocycles. The van der Waals surface area contributed by atoms with Crippen LogP contribution in [0.4, 0.5) is 0 Å². The maximum absolute atomic E-state index is 2.31. The van der Waals surface area contributed by atoms with Gasteiger partial charge in [-0.05, 0) is 25.0 Å². The van der Waals surface area contributed by atoms with Gasteiger partial charge in [0, 0.05) is 5.25 Å². The van der Waals surface area contributed by atoms with E-state index in [1.807, 2.05) is 11.8 Å². The summed E-state index contributed by atoms with van der Waals surface area (Å²) in [6.45, 7) is 6.90. The molecule has 0 aromatic heterocycles. The van der Waals surface area contributed by atoms with Crippen molar-refractivity contribution in [1.82, 2.24) is 0 Å². The van der Waals surface area contributed by atoms with Gasteiger partial charge in [-0.2, -0.15) is 11.8 Å². The van der Waals surface area contributed by atoms with Crippen molar-refractivity contribution < 1.29 is 0 Å². The fourth-order valence-corrected chi connectivity index (χ4v) is 1.98. The van der Waals surface area contributed by atoms with Crippen LogP contribution in [0.15, 0.2) is 0 Å². The molecule has 1 unspecified atom stereocenters. The van der Waals surface area contributed by atoms with Crippen molar-refractivity contribution in [2.75, 3.05) is 6.26 Å². The van der Waals surface area contributed by atoms with Crippen molar-refractivity contribution in [2.45, 2.75) is 51.7 Å². The lowest BCUT2D eigenvalue weighted by Gasteiger charge is -2.11. The summed E-state index contributed by atoms with van der Waals surface area (Å²) in [6.07, 6.45) is 7.78. The van der Waals surface area contributed by atoms with Crippen LogP contribution in [0.2, 0.25) is 0 Å². The molecular formula is C10H22S. The predicted molar refractivity (Wildman–Crippen MR) is 56.3 cm³/mol. The molecule has 0 heterocycles. The SMILES string of the molecule is CCC(CCCC(C)C)SC. The molecule has 0 saturated heterocycles. The first-order valence-corrected chi connectivity index (χ1v) is 6.02. The third-order valence-electron chi connectivity index (χ3n) is 2.10. The molecule has 0 aromatic rings. The highest BCUT2D eigenvalue weighted by molar-refractivity contribution is 7.99. The Morgan fingerprint density at radius 2 is 1.82 bits per heavy atom. The second kappa shape index (κ2) is 7.02. The van der Waals surface area contributed by atoms with Crippen molar-refractivity contribution >= 4 is 11.8 Å². The third-order valence-corrected chi connectivity index (χ3v) is 3.33. The highest BCUT2D eigenvalue weighted by Gasteiger charge is 2.03. The van der Waals surface area contributed by atoms with Crippen molar-refractivity contribution in [3.63, 3.8) is 0 Å². The fourth-order valence-electron chi connectivity index (χ4n) is 1.24. The average molecular weight is 174 g/mol. The standard InChI is InChI=1S/C10H22S/c1-5-10(11-4)8-6-7-9(2)3/h9-10H,5-8H2,1-4H3. The van der Waals surface area contributed by atoms with Crippen LogP contribution in [0.25, 0.3) is 0 Å². The number of hydrogen-bond acceptors (Lipinski definition) is 1. The highest BCUT2D eigenvalue weighted by Crippen LogP contribution is 2.18. The van der Waals surface area contributed by atoms with Gasteiger partial charge in [0.05, 0.1) is 0 Å². The van der Waals surface area contributed by atoms with Gasteiger partial charge in [0.25, 0.3) is 0 Å². The van der Waals surface area contributed by atoms with Crippen LogP contribution in [0.3, 0.4) is 0 Å². The minimum atomic E-state index is 0.884. The van der Waals surface area contributed by atoms with E-state index in [0.29, 0.717) is 0 Å². The van der Waals surface area contributed by atoms with Crippen molar-refractivity contribution in [3.8, 4) is 0 Å². The van der Waals surface area contributed by atoms with E-state index in [-0.39, 0.29) is 0 Å². The largest absolute Gasteiger partial charge is 0.162 e. The molecule has 0 aliphatic heterocycles. The van der Waals surface area contributed by atoms with E-state index in [1.165, 1.54) is 25.7 Å². The smallest absolute Gasteiger partial charge is 0.00416 e. The Bertz CT molecular complexity index is 74.9. The van der Waals surface area contributed by atoms with Gasteiger partial charge in [0.2, 0.25) is 0 Å². The molecule has 0 rings (SSSR count). The highest BCUT2D eigenvalue weighted by atomic mass is 32.2. The van der Waals surface area contributed by atoms with E-state index < -0.39 is 0 Å². The van der Waals surface area contributed by atoms with Gasteiger partial charge in [-0.3, -0.25) is 0 Å². The van der Waals surface area contributed by atoms with Crippen LogP contribution in [-0.4, -0.2) is 11.5 Å². The van der Waals surface area contributed by atoms with Crippen LogP contribution in [0.1, 0.15) is 46.5 Å². The minimum Gasteiger partial charge on any atom is -0.162 e. The van der Waals surface area contributed by atoms with Crippen LogP contribution in [0, 0.1) is 5.92 Å². The average Bonchev–Trinajstić information content (AvgIpc) is 1.98. The predicted octanol–water partition coefficient (Wildman–Crippen LogP) is 3.95. The molecule has 0 radical (unpaired) electrons. The van der Waals surface area contributed by atoms with Gasteiger partial charge < -0.3 is 0 Å². The molecule has 0 aliphatic rings. The molecule has 68 valence electrons. The van der Waals surface area contributed by atoms with Gasteiger partial charge >= 0.3 is 0 Å². The Hall–Kier alpha value is 0.350. The summed E-state index contributed by atoms with van der Waals surface area (Å²) >= 11 is 2.02.